The molecule has 1 amide bonds. The molecule has 7 heteroatoms. The molecule has 138 valence electrons. The summed E-state index contributed by atoms with van der Waals surface area (Å²) in [4.78, 5) is 24.3. The van der Waals surface area contributed by atoms with Gasteiger partial charge in [-0.2, -0.15) is 0 Å². The van der Waals surface area contributed by atoms with Gasteiger partial charge in [0.05, 0.1) is 19.3 Å². The van der Waals surface area contributed by atoms with Gasteiger partial charge in [0.15, 0.2) is 11.5 Å². The minimum absolute atomic E-state index is 0.108. The van der Waals surface area contributed by atoms with Crippen LogP contribution in [0.2, 0.25) is 0 Å². The molecule has 0 unspecified atom stereocenters. The average Bonchev–Trinajstić information content (AvgIpc) is 3.04. The number of hydrogen-bond donors (Lipinski definition) is 2. The fourth-order valence-corrected chi connectivity index (χ4v) is 3.25. The van der Waals surface area contributed by atoms with Crippen LogP contribution in [0.4, 0.5) is 5.00 Å². The van der Waals surface area contributed by atoms with E-state index < -0.39 is 11.9 Å². The Kier molecular flexibility index (Phi) is 6.80. The lowest BCUT2D eigenvalue weighted by molar-refractivity contribution is -0.111. The van der Waals surface area contributed by atoms with Gasteiger partial charge in [-0.1, -0.05) is 13.0 Å². The van der Waals surface area contributed by atoms with Crippen molar-refractivity contribution in [1.29, 1.82) is 0 Å². The van der Waals surface area contributed by atoms with Gasteiger partial charge in [-0.3, -0.25) is 4.79 Å². The number of rotatable bonds is 8. The van der Waals surface area contributed by atoms with E-state index in [1.165, 1.54) is 17.4 Å². The Labute approximate surface area is 156 Å². The smallest absolute Gasteiger partial charge is 0.338 e. The minimum atomic E-state index is -1.06. The van der Waals surface area contributed by atoms with E-state index >= 15 is 0 Å². The molecule has 1 heterocycles. The Hall–Kier alpha value is -2.80. The van der Waals surface area contributed by atoms with E-state index in [-0.39, 0.29) is 5.56 Å². The summed E-state index contributed by atoms with van der Waals surface area (Å²) in [5, 5.41) is 12.2. The number of anilines is 1. The molecule has 0 aliphatic rings. The number of ether oxygens (including phenoxy) is 2. The van der Waals surface area contributed by atoms with Gasteiger partial charge in [0, 0.05) is 11.0 Å². The fourth-order valence-electron chi connectivity index (χ4n) is 2.26. The number of carboxylic acids is 1. The molecule has 0 radical (unpaired) electrons. The molecule has 0 bridgehead atoms. The largest absolute Gasteiger partial charge is 0.493 e. The maximum absolute atomic E-state index is 12.1. The summed E-state index contributed by atoms with van der Waals surface area (Å²) in [7, 11) is 1.55. The number of hydrogen-bond acceptors (Lipinski definition) is 5. The zero-order valence-electron chi connectivity index (χ0n) is 14.9. The molecule has 2 N–H and O–H groups in total. The third kappa shape index (κ3) is 4.86. The van der Waals surface area contributed by atoms with E-state index in [9.17, 15) is 14.7 Å². The summed E-state index contributed by atoms with van der Waals surface area (Å²) < 4.78 is 10.7. The molecule has 2 rings (SSSR count). The van der Waals surface area contributed by atoms with Crippen molar-refractivity contribution >= 4 is 34.3 Å². The van der Waals surface area contributed by atoms with Crippen LogP contribution < -0.4 is 14.8 Å². The van der Waals surface area contributed by atoms with Crippen molar-refractivity contribution in [2.24, 2.45) is 0 Å². The van der Waals surface area contributed by atoms with Crippen LogP contribution in [0.1, 0.15) is 34.6 Å². The number of carbonyl (C=O) groups is 2. The van der Waals surface area contributed by atoms with E-state index in [2.05, 4.69) is 5.32 Å². The van der Waals surface area contributed by atoms with Gasteiger partial charge < -0.3 is 19.9 Å². The Morgan fingerprint density at radius 2 is 2.00 bits per heavy atom. The van der Waals surface area contributed by atoms with Crippen LogP contribution in [-0.2, 0) is 11.2 Å². The highest BCUT2D eigenvalue weighted by Crippen LogP contribution is 2.30. The number of thiophene rings is 1. The predicted octanol–water partition coefficient (Wildman–Crippen LogP) is 4.07. The second-order valence-corrected chi connectivity index (χ2v) is 6.42. The van der Waals surface area contributed by atoms with E-state index in [0.717, 1.165) is 10.4 Å². The molecule has 0 fully saturated rings. The molecule has 0 aliphatic heterocycles. The first-order valence-electron chi connectivity index (χ1n) is 8.14. The lowest BCUT2D eigenvalue weighted by Gasteiger charge is -2.09. The molecule has 0 saturated heterocycles. The summed E-state index contributed by atoms with van der Waals surface area (Å²) in [6.07, 6.45) is 3.69. The Balaban J connectivity index is 2.13. The zero-order valence-corrected chi connectivity index (χ0v) is 15.7. The van der Waals surface area contributed by atoms with Gasteiger partial charge in [-0.15, -0.1) is 11.3 Å². The summed E-state index contributed by atoms with van der Waals surface area (Å²) in [6.45, 7) is 4.35. The highest BCUT2D eigenvalue weighted by Gasteiger charge is 2.15. The Morgan fingerprint density at radius 3 is 2.62 bits per heavy atom. The van der Waals surface area contributed by atoms with Crippen LogP contribution >= 0.6 is 11.3 Å². The number of amides is 1. The molecule has 1 aromatic heterocycles. The second kappa shape index (κ2) is 9.05. The average molecular weight is 375 g/mol. The van der Waals surface area contributed by atoms with Crippen molar-refractivity contribution in [1.82, 2.24) is 0 Å². The maximum Gasteiger partial charge on any atom is 0.338 e. The highest BCUT2D eigenvalue weighted by molar-refractivity contribution is 7.16. The summed E-state index contributed by atoms with van der Waals surface area (Å²) >= 11 is 1.27. The van der Waals surface area contributed by atoms with Crippen LogP contribution in [-0.4, -0.2) is 30.7 Å². The number of aryl methyl sites for hydroxylation is 1. The number of methoxy groups -OCH3 is 1. The van der Waals surface area contributed by atoms with Crippen molar-refractivity contribution in [3.05, 3.63) is 46.3 Å². The standard InChI is InChI=1S/C19H21NO5S/c1-4-13-11-14(19(22)23)18(26-13)20-17(21)9-7-12-6-8-15(25-5-2)16(10-12)24-3/h6-11H,4-5H2,1-3H3,(H,20,21)(H,22,23)/b9-7+. The van der Waals surface area contributed by atoms with Crippen molar-refractivity contribution < 1.29 is 24.2 Å². The number of aromatic carboxylic acids is 1. The van der Waals surface area contributed by atoms with Crippen LogP contribution in [0.15, 0.2) is 30.3 Å². The molecule has 0 aliphatic carbocycles. The summed E-state index contributed by atoms with van der Waals surface area (Å²) in [5.74, 6) is -0.247. The summed E-state index contributed by atoms with van der Waals surface area (Å²) in [5.41, 5.74) is 0.871. The quantitative estimate of drug-likeness (QED) is 0.680. The minimum Gasteiger partial charge on any atom is -0.493 e. The first-order chi connectivity index (χ1) is 12.5. The maximum atomic E-state index is 12.1. The molecule has 2 aromatic rings. The molecule has 0 atom stereocenters. The van der Waals surface area contributed by atoms with Gasteiger partial charge in [0.25, 0.3) is 0 Å². The predicted molar refractivity (Wildman–Crippen MR) is 102 cm³/mol. The molecule has 1 aromatic carbocycles. The van der Waals surface area contributed by atoms with Gasteiger partial charge in [-0.25, -0.2) is 4.79 Å². The first kappa shape index (κ1) is 19.5. The number of carboxylic acid groups (broad SMARTS) is 1. The molecular formula is C19H21NO5S. The molecule has 0 spiro atoms. The van der Waals surface area contributed by atoms with Crippen LogP contribution in [0.5, 0.6) is 11.5 Å². The van der Waals surface area contributed by atoms with Crippen molar-refractivity contribution in [2.75, 3.05) is 19.0 Å². The van der Waals surface area contributed by atoms with Gasteiger partial charge in [0.2, 0.25) is 5.91 Å². The Morgan fingerprint density at radius 1 is 1.23 bits per heavy atom. The van der Waals surface area contributed by atoms with E-state index in [4.69, 9.17) is 9.47 Å². The van der Waals surface area contributed by atoms with Gasteiger partial charge >= 0.3 is 5.97 Å². The normalized spacial score (nSPS) is 10.7. The van der Waals surface area contributed by atoms with E-state index in [1.54, 1.807) is 37.5 Å². The van der Waals surface area contributed by atoms with Crippen molar-refractivity contribution in [3.63, 3.8) is 0 Å². The lowest BCUT2D eigenvalue weighted by atomic mass is 10.2. The highest BCUT2D eigenvalue weighted by atomic mass is 32.1. The molecular weight excluding hydrogens is 354 g/mol. The topological polar surface area (TPSA) is 84.9 Å². The second-order valence-electron chi connectivity index (χ2n) is 5.28. The van der Waals surface area contributed by atoms with Gasteiger partial charge in [0.1, 0.15) is 5.00 Å². The third-order valence-electron chi connectivity index (χ3n) is 3.51. The van der Waals surface area contributed by atoms with Gasteiger partial charge in [-0.05, 0) is 43.2 Å². The van der Waals surface area contributed by atoms with Crippen LogP contribution in [0, 0.1) is 0 Å². The Bertz CT molecular complexity index is 825. The van der Waals surface area contributed by atoms with E-state index in [1.807, 2.05) is 13.8 Å². The fraction of sp³-hybridized carbons (Fsp3) is 0.263. The number of benzene rings is 1. The lowest BCUT2D eigenvalue weighted by Crippen LogP contribution is -2.09. The third-order valence-corrected chi connectivity index (χ3v) is 4.71. The van der Waals surface area contributed by atoms with E-state index in [0.29, 0.717) is 29.5 Å². The SMILES string of the molecule is CCOc1ccc(/C=C/C(=O)Nc2sc(CC)cc2C(=O)O)cc1OC. The number of nitrogens with one attached hydrogen (secondary N) is 1. The summed E-state index contributed by atoms with van der Waals surface area (Å²) in [6, 6.07) is 6.93. The zero-order chi connectivity index (χ0) is 19.1. The van der Waals surface area contributed by atoms with Crippen molar-refractivity contribution in [3.8, 4) is 11.5 Å². The first-order valence-corrected chi connectivity index (χ1v) is 8.96. The van der Waals surface area contributed by atoms with Crippen molar-refractivity contribution in [2.45, 2.75) is 20.3 Å². The monoisotopic (exact) mass is 375 g/mol. The number of carbonyl (C=O) groups excluding carboxylic acids is 1. The molecule has 0 saturated carbocycles. The van der Waals surface area contributed by atoms with Crippen LogP contribution in [0.25, 0.3) is 6.08 Å². The molecule has 6 nitrogen and oxygen atoms in total. The molecule has 26 heavy (non-hydrogen) atoms. The van der Waals surface area contributed by atoms with Crippen LogP contribution in [0.3, 0.4) is 0 Å².